The molecule has 0 saturated heterocycles. The lowest BCUT2D eigenvalue weighted by Gasteiger charge is -2.33. The minimum Gasteiger partial charge on any atom is -0.300 e. The van der Waals surface area contributed by atoms with Crippen LogP contribution in [-0.4, -0.2) is 18.9 Å². The standard InChI is InChI=1S/C11H7Br2NO3S/c12-7-1-2-9(13)10(3-7)18(16,17)11(6-14)4-8(15)5-11/h1-3H,4-5H2. The molecule has 1 aromatic rings. The first kappa shape index (κ1) is 13.7. The van der Waals surface area contributed by atoms with Gasteiger partial charge in [-0.2, -0.15) is 5.26 Å². The second-order valence-corrected chi connectivity index (χ2v) is 8.07. The normalized spacial score (nSPS) is 17.9. The van der Waals surface area contributed by atoms with Crippen molar-refractivity contribution < 1.29 is 13.2 Å². The van der Waals surface area contributed by atoms with E-state index in [1.807, 2.05) is 0 Å². The van der Waals surface area contributed by atoms with Crippen molar-refractivity contribution in [3.05, 3.63) is 27.1 Å². The number of benzene rings is 1. The molecule has 7 heteroatoms. The topological polar surface area (TPSA) is 75.0 Å². The molecule has 0 unspecified atom stereocenters. The lowest BCUT2D eigenvalue weighted by Crippen LogP contribution is -2.49. The highest BCUT2D eigenvalue weighted by molar-refractivity contribution is 9.11. The number of carbonyl (C=O) groups excluding carboxylic acids is 1. The Bertz CT molecular complexity index is 668. The van der Waals surface area contributed by atoms with Crippen LogP contribution in [0.3, 0.4) is 0 Å². The molecule has 94 valence electrons. The molecule has 2 rings (SSSR count). The summed E-state index contributed by atoms with van der Waals surface area (Å²) in [6.07, 6.45) is -0.463. The molecule has 1 aliphatic rings. The van der Waals surface area contributed by atoms with Gasteiger partial charge < -0.3 is 0 Å². The Labute approximate surface area is 121 Å². The molecule has 0 heterocycles. The van der Waals surface area contributed by atoms with E-state index in [-0.39, 0.29) is 23.5 Å². The zero-order valence-corrected chi connectivity index (χ0v) is 13.0. The van der Waals surface area contributed by atoms with E-state index in [9.17, 15) is 13.2 Å². The van der Waals surface area contributed by atoms with E-state index in [0.717, 1.165) is 0 Å². The minimum atomic E-state index is -3.86. The molecule has 0 aliphatic heterocycles. The third-order valence-corrected chi connectivity index (χ3v) is 6.64. The molecule has 0 radical (unpaired) electrons. The highest BCUT2D eigenvalue weighted by Crippen LogP contribution is 2.42. The molecular formula is C11H7Br2NO3S. The van der Waals surface area contributed by atoms with Crippen molar-refractivity contribution in [2.75, 3.05) is 0 Å². The van der Waals surface area contributed by atoms with E-state index in [2.05, 4.69) is 31.9 Å². The van der Waals surface area contributed by atoms with Crippen molar-refractivity contribution in [3.63, 3.8) is 0 Å². The maximum Gasteiger partial charge on any atom is 0.199 e. The van der Waals surface area contributed by atoms with Crippen molar-refractivity contribution in [3.8, 4) is 6.07 Å². The Kier molecular flexibility index (Phi) is 3.38. The van der Waals surface area contributed by atoms with Gasteiger partial charge in [-0.1, -0.05) is 15.9 Å². The molecule has 1 saturated carbocycles. The lowest BCUT2D eigenvalue weighted by molar-refractivity contribution is -0.124. The van der Waals surface area contributed by atoms with Crippen LogP contribution in [-0.2, 0) is 14.6 Å². The summed E-state index contributed by atoms with van der Waals surface area (Å²) < 4.78 is 24.3. The number of nitriles is 1. The number of hydrogen-bond donors (Lipinski definition) is 0. The van der Waals surface area contributed by atoms with Crippen LogP contribution in [0, 0.1) is 11.3 Å². The summed E-state index contributed by atoms with van der Waals surface area (Å²) >= 11 is 6.36. The van der Waals surface area contributed by atoms with Crippen LogP contribution in [0.4, 0.5) is 0 Å². The predicted octanol–water partition coefficient (Wildman–Crippen LogP) is 2.61. The number of hydrogen-bond acceptors (Lipinski definition) is 4. The van der Waals surface area contributed by atoms with Gasteiger partial charge in [0.1, 0.15) is 5.78 Å². The number of carbonyl (C=O) groups is 1. The van der Waals surface area contributed by atoms with Crippen LogP contribution >= 0.6 is 31.9 Å². The molecule has 0 N–H and O–H groups in total. The number of Topliss-reactive ketones (excluding diaryl/α,β-unsaturated/α-hetero) is 1. The van der Waals surface area contributed by atoms with Crippen molar-refractivity contribution in [2.45, 2.75) is 22.5 Å². The van der Waals surface area contributed by atoms with Gasteiger partial charge in [-0.3, -0.25) is 4.79 Å². The molecule has 0 atom stereocenters. The Balaban J connectivity index is 2.59. The Morgan fingerprint density at radius 1 is 1.28 bits per heavy atom. The van der Waals surface area contributed by atoms with E-state index >= 15 is 0 Å². The van der Waals surface area contributed by atoms with Crippen LogP contribution in [0.15, 0.2) is 32.0 Å². The van der Waals surface area contributed by atoms with E-state index < -0.39 is 14.6 Å². The quantitative estimate of drug-likeness (QED) is 0.775. The van der Waals surface area contributed by atoms with Gasteiger partial charge in [0, 0.05) is 21.8 Å². The maximum atomic E-state index is 12.5. The van der Waals surface area contributed by atoms with Crippen molar-refractivity contribution in [2.24, 2.45) is 0 Å². The molecular weight excluding hydrogens is 386 g/mol. The zero-order valence-electron chi connectivity index (χ0n) is 8.98. The first-order chi connectivity index (χ1) is 8.32. The fourth-order valence-electron chi connectivity index (χ4n) is 1.81. The fraction of sp³-hybridized carbons (Fsp3) is 0.273. The first-order valence-corrected chi connectivity index (χ1v) is 8.02. The molecule has 1 aliphatic carbocycles. The highest BCUT2D eigenvalue weighted by atomic mass is 79.9. The number of ketones is 1. The average Bonchev–Trinajstić information content (AvgIpc) is 2.27. The maximum absolute atomic E-state index is 12.5. The number of halogens is 2. The summed E-state index contributed by atoms with van der Waals surface area (Å²) in [6.45, 7) is 0. The van der Waals surface area contributed by atoms with Crippen LogP contribution in [0.5, 0.6) is 0 Å². The molecule has 4 nitrogen and oxygen atoms in total. The van der Waals surface area contributed by atoms with E-state index in [1.165, 1.54) is 6.07 Å². The van der Waals surface area contributed by atoms with Crippen LogP contribution in [0.2, 0.25) is 0 Å². The van der Waals surface area contributed by atoms with Gasteiger partial charge in [0.25, 0.3) is 0 Å². The summed E-state index contributed by atoms with van der Waals surface area (Å²) in [6, 6.07) is 6.49. The smallest absolute Gasteiger partial charge is 0.199 e. The van der Waals surface area contributed by atoms with Crippen molar-refractivity contribution >= 4 is 47.5 Å². The second-order valence-electron chi connectivity index (χ2n) is 4.08. The molecule has 0 aromatic heterocycles. The Hall–Kier alpha value is -0.710. The fourth-order valence-corrected chi connectivity index (χ4v) is 5.06. The minimum absolute atomic E-state index is 0.0333. The molecule has 18 heavy (non-hydrogen) atoms. The zero-order chi connectivity index (χ0) is 13.6. The third-order valence-electron chi connectivity index (χ3n) is 2.87. The number of nitrogens with zero attached hydrogens (tertiary/aromatic N) is 1. The van der Waals surface area contributed by atoms with Gasteiger partial charge in [0.15, 0.2) is 14.6 Å². The average molecular weight is 393 g/mol. The van der Waals surface area contributed by atoms with Gasteiger partial charge in [0.2, 0.25) is 0 Å². The van der Waals surface area contributed by atoms with E-state index in [4.69, 9.17) is 5.26 Å². The first-order valence-electron chi connectivity index (χ1n) is 4.95. The van der Waals surface area contributed by atoms with Crippen LogP contribution in [0.1, 0.15) is 12.8 Å². The third kappa shape index (κ3) is 1.92. The number of sulfone groups is 1. The Morgan fingerprint density at radius 3 is 2.39 bits per heavy atom. The molecule has 1 fully saturated rings. The number of rotatable bonds is 2. The predicted molar refractivity (Wildman–Crippen MR) is 71.6 cm³/mol. The largest absolute Gasteiger partial charge is 0.300 e. The van der Waals surface area contributed by atoms with Crippen molar-refractivity contribution in [1.29, 1.82) is 5.26 Å². The summed E-state index contributed by atoms with van der Waals surface area (Å²) in [4.78, 5) is 11.1. The summed E-state index contributed by atoms with van der Waals surface area (Å²) in [5.74, 6) is -0.203. The van der Waals surface area contributed by atoms with Crippen LogP contribution < -0.4 is 0 Å². The van der Waals surface area contributed by atoms with Gasteiger partial charge in [-0.25, -0.2) is 8.42 Å². The summed E-state index contributed by atoms with van der Waals surface area (Å²) in [5, 5.41) is 9.10. The van der Waals surface area contributed by atoms with Gasteiger partial charge in [-0.05, 0) is 34.1 Å². The summed E-state index contributed by atoms with van der Waals surface area (Å²) in [7, 11) is -3.86. The van der Waals surface area contributed by atoms with E-state index in [0.29, 0.717) is 8.95 Å². The second kappa shape index (κ2) is 4.44. The van der Waals surface area contributed by atoms with Gasteiger partial charge in [-0.15, -0.1) is 0 Å². The van der Waals surface area contributed by atoms with Gasteiger partial charge >= 0.3 is 0 Å². The molecule has 1 aromatic carbocycles. The molecule has 0 spiro atoms. The lowest BCUT2D eigenvalue weighted by atomic mass is 9.84. The summed E-state index contributed by atoms with van der Waals surface area (Å²) in [5.41, 5.74) is 0. The Morgan fingerprint density at radius 2 is 1.89 bits per heavy atom. The molecule has 0 bridgehead atoms. The van der Waals surface area contributed by atoms with Gasteiger partial charge in [0.05, 0.1) is 11.0 Å². The monoisotopic (exact) mass is 391 g/mol. The van der Waals surface area contributed by atoms with Crippen molar-refractivity contribution in [1.82, 2.24) is 0 Å². The SMILES string of the molecule is N#CC1(S(=O)(=O)c2cc(Br)ccc2Br)CC(=O)C1. The van der Waals surface area contributed by atoms with Crippen LogP contribution in [0.25, 0.3) is 0 Å². The molecule has 0 amide bonds. The highest BCUT2D eigenvalue weighted by Gasteiger charge is 2.55. The van der Waals surface area contributed by atoms with E-state index in [1.54, 1.807) is 18.2 Å².